The first kappa shape index (κ1) is 25.0. The summed E-state index contributed by atoms with van der Waals surface area (Å²) in [5.74, 6) is 0.897. The van der Waals surface area contributed by atoms with Crippen LogP contribution in [0.1, 0.15) is 49.3 Å². The molecule has 0 saturated carbocycles. The molecule has 3 saturated heterocycles. The fourth-order valence-corrected chi connectivity index (χ4v) is 6.78. The van der Waals surface area contributed by atoms with E-state index in [0.29, 0.717) is 25.4 Å². The van der Waals surface area contributed by atoms with Gasteiger partial charge in [0.1, 0.15) is 0 Å². The van der Waals surface area contributed by atoms with E-state index in [1.165, 1.54) is 5.56 Å². The second-order valence-corrected chi connectivity index (χ2v) is 11.2. The summed E-state index contributed by atoms with van der Waals surface area (Å²) in [5.41, 5.74) is 1.73. The summed E-state index contributed by atoms with van der Waals surface area (Å²) >= 11 is 0. The third kappa shape index (κ3) is 5.21. The molecule has 6 nitrogen and oxygen atoms in total. The van der Waals surface area contributed by atoms with Gasteiger partial charge in [-0.15, -0.1) is 0 Å². The van der Waals surface area contributed by atoms with Crippen molar-refractivity contribution < 1.29 is 14.7 Å². The maximum atomic E-state index is 13.6. The zero-order chi connectivity index (χ0) is 25.1. The topological polar surface area (TPSA) is 64.1 Å². The Morgan fingerprint density at radius 2 is 1.67 bits per heavy atom. The first-order valence-corrected chi connectivity index (χ1v) is 13.5. The summed E-state index contributed by atoms with van der Waals surface area (Å²) < 4.78 is 0. The molecule has 3 aliphatic heterocycles. The van der Waals surface area contributed by atoms with E-state index in [1.54, 1.807) is 4.90 Å². The monoisotopic (exact) mass is 489 g/mol. The molecular formula is C30H39N3O3. The van der Waals surface area contributed by atoms with Crippen LogP contribution in [0.25, 0.3) is 0 Å². The predicted molar refractivity (Wildman–Crippen MR) is 140 cm³/mol. The van der Waals surface area contributed by atoms with E-state index in [2.05, 4.69) is 35.2 Å². The Balaban J connectivity index is 1.17. The Morgan fingerprint density at radius 3 is 2.36 bits per heavy atom. The summed E-state index contributed by atoms with van der Waals surface area (Å²) in [6.45, 7) is 3.36. The lowest BCUT2D eigenvalue weighted by molar-refractivity contribution is -0.163. The molecule has 3 heterocycles. The zero-order valence-corrected chi connectivity index (χ0v) is 21.4. The molecule has 0 radical (unpaired) electrons. The van der Waals surface area contributed by atoms with E-state index >= 15 is 0 Å². The minimum absolute atomic E-state index is 0.0977. The number of rotatable bonds is 5. The van der Waals surface area contributed by atoms with Gasteiger partial charge in [-0.05, 0) is 62.1 Å². The van der Waals surface area contributed by atoms with Crippen LogP contribution in [0.5, 0.6) is 0 Å². The number of piperidine rings is 3. The SMILES string of the molecule is CN1C(=O)[C@]2(CCCN(CC(=O)N3CCC(Cc4ccccc4)CC3)C2)C[C@@H](O)[C@@H]1c1ccccc1. The standard InChI is InChI=1S/C30H39N3O3/c1-31-28(25-11-6-3-7-12-25)26(34)20-30(29(31)36)15-8-16-32(22-30)21-27(35)33-17-13-24(14-18-33)19-23-9-4-2-5-10-23/h2-7,9-12,24,26,28,34H,8,13-22H2,1H3/t26-,28+,30-/m1/s1. The minimum atomic E-state index is -0.616. The van der Waals surface area contributed by atoms with Gasteiger partial charge in [0.25, 0.3) is 0 Å². The Kier molecular flexibility index (Phi) is 7.44. The second kappa shape index (κ2) is 10.7. The number of likely N-dealkylation sites (N-methyl/N-ethyl adjacent to an activating group) is 1. The van der Waals surface area contributed by atoms with Crippen LogP contribution in [0.2, 0.25) is 0 Å². The number of nitrogens with zero attached hydrogens (tertiary/aromatic N) is 3. The van der Waals surface area contributed by atoms with Gasteiger partial charge in [0.2, 0.25) is 11.8 Å². The van der Waals surface area contributed by atoms with Gasteiger partial charge in [-0.2, -0.15) is 0 Å². The lowest BCUT2D eigenvalue weighted by atomic mass is 9.69. The maximum absolute atomic E-state index is 13.6. The molecule has 2 amide bonds. The van der Waals surface area contributed by atoms with E-state index in [-0.39, 0.29) is 17.9 Å². The van der Waals surface area contributed by atoms with E-state index in [1.807, 2.05) is 42.3 Å². The van der Waals surface area contributed by atoms with Gasteiger partial charge in [0.05, 0.1) is 24.1 Å². The minimum Gasteiger partial charge on any atom is -0.391 e. The number of aliphatic hydroxyl groups excluding tert-OH is 1. The molecule has 2 aromatic rings. The van der Waals surface area contributed by atoms with Crippen LogP contribution >= 0.6 is 0 Å². The fourth-order valence-electron chi connectivity index (χ4n) is 6.78. The fraction of sp³-hybridized carbons (Fsp3) is 0.533. The number of hydrogen-bond donors (Lipinski definition) is 1. The van der Waals surface area contributed by atoms with Crippen LogP contribution in [0, 0.1) is 11.3 Å². The van der Waals surface area contributed by atoms with Gasteiger partial charge < -0.3 is 14.9 Å². The highest BCUT2D eigenvalue weighted by molar-refractivity contribution is 5.85. The smallest absolute Gasteiger partial charge is 0.236 e. The van der Waals surface area contributed by atoms with E-state index in [0.717, 1.165) is 57.3 Å². The number of carbonyl (C=O) groups is 2. The van der Waals surface area contributed by atoms with Crippen molar-refractivity contribution >= 4 is 11.8 Å². The van der Waals surface area contributed by atoms with Gasteiger partial charge in [-0.3, -0.25) is 14.5 Å². The van der Waals surface area contributed by atoms with Crippen LogP contribution < -0.4 is 0 Å². The van der Waals surface area contributed by atoms with Crippen LogP contribution in [0.4, 0.5) is 0 Å². The van der Waals surface area contributed by atoms with Gasteiger partial charge >= 0.3 is 0 Å². The molecule has 3 fully saturated rings. The largest absolute Gasteiger partial charge is 0.391 e. The third-order valence-electron chi connectivity index (χ3n) is 8.65. The molecule has 6 heteroatoms. The van der Waals surface area contributed by atoms with Crippen LogP contribution in [-0.4, -0.2) is 77.5 Å². The van der Waals surface area contributed by atoms with Gasteiger partial charge in [0, 0.05) is 26.7 Å². The van der Waals surface area contributed by atoms with Crippen molar-refractivity contribution in [3.8, 4) is 0 Å². The Morgan fingerprint density at radius 1 is 1.00 bits per heavy atom. The molecule has 0 aliphatic carbocycles. The molecule has 3 atom stereocenters. The van der Waals surface area contributed by atoms with Gasteiger partial charge in [0.15, 0.2) is 0 Å². The molecule has 2 aromatic carbocycles. The normalized spacial score (nSPS) is 28.0. The predicted octanol–water partition coefficient (Wildman–Crippen LogP) is 3.51. The number of carbonyl (C=O) groups excluding carboxylic acids is 2. The zero-order valence-electron chi connectivity index (χ0n) is 21.4. The summed E-state index contributed by atoms with van der Waals surface area (Å²) in [7, 11) is 1.81. The van der Waals surface area contributed by atoms with Crippen molar-refractivity contribution in [3.63, 3.8) is 0 Å². The number of hydrogen-bond acceptors (Lipinski definition) is 4. The van der Waals surface area contributed by atoms with Crippen LogP contribution in [0.15, 0.2) is 60.7 Å². The first-order valence-electron chi connectivity index (χ1n) is 13.5. The van der Waals surface area contributed by atoms with E-state index < -0.39 is 11.5 Å². The van der Waals surface area contributed by atoms with Crippen molar-refractivity contribution in [1.29, 1.82) is 0 Å². The first-order chi connectivity index (χ1) is 17.4. The van der Waals surface area contributed by atoms with Crippen molar-refractivity contribution in [2.75, 3.05) is 39.8 Å². The molecule has 1 N–H and O–H groups in total. The summed E-state index contributed by atoms with van der Waals surface area (Å²) in [6.07, 6.45) is 4.64. The molecule has 5 rings (SSSR count). The average Bonchev–Trinajstić information content (AvgIpc) is 2.89. The van der Waals surface area contributed by atoms with Crippen molar-refractivity contribution in [2.24, 2.45) is 11.3 Å². The molecule has 36 heavy (non-hydrogen) atoms. The molecule has 0 bridgehead atoms. The molecular weight excluding hydrogens is 450 g/mol. The molecule has 0 unspecified atom stereocenters. The number of amides is 2. The van der Waals surface area contributed by atoms with E-state index in [9.17, 15) is 14.7 Å². The third-order valence-corrected chi connectivity index (χ3v) is 8.65. The summed E-state index contributed by atoms with van der Waals surface area (Å²) in [5, 5.41) is 11.1. The molecule has 3 aliphatic rings. The molecule has 192 valence electrons. The number of likely N-dealkylation sites (tertiary alicyclic amines) is 3. The Labute approximate surface area is 214 Å². The maximum Gasteiger partial charge on any atom is 0.236 e. The molecule has 0 aromatic heterocycles. The summed E-state index contributed by atoms with van der Waals surface area (Å²) in [6, 6.07) is 20.1. The number of aliphatic hydroxyl groups is 1. The van der Waals surface area contributed by atoms with Crippen molar-refractivity contribution in [3.05, 3.63) is 71.8 Å². The Bertz CT molecular complexity index is 1040. The van der Waals surface area contributed by atoms with Gasteiger partial charge in [-0.25, -0.2) is 0 Å². The van der Waals surface area contributed by atoms with Crippen molar-refractivity contribution in [1.82, 2.24) is 14.7 Å². The van der Waals surface area contributed by atoms with Gasteiger partial charge in [-0.1, -0.05) is 60.7 Å². The second-order valence-electron chi connectivity index (χ2n) is 11.2. The molecule has 1 spiro atoms. The lowest BCUT2D eigenvalue weighted by Crippen LogP contribution is -2.60. The van der Waals surface area contributed by atoms with Crippen LogP contribution in [-0.2, 0) is 16.0 Å². The van der Waals surface area contributed by atoms with E-state index in [4.69, 9.17) is 0 Å². The van der Waals surface area contributed by atoms with Crippen LogP contribution in [0.3, 0.4) is 0 Å². The summed E-state index contributed by atoms with van der Waals surface area (Å²) in [4.78, 5) is 32.7. The van der Waals surface area contributed by atoms with Crippen molar-refractivity contribution in [2.45, 2.75) is 50.7 Å². The lowest BCUT2D eigenvalue weighted by Gasteiger charge is -2.51. The highest BCUT2D eigenvalue weighted by atomic mass is 16.3. The quantitative estimate of drug-likeness (QED) is 0.698. The number of benzene rings is 2. The highest BCUT2D eigenvalue weighted by Gasteiger charge is 2.52. The Hall–Kier alpha value is -2.70. The highest BCUT2D eigenvalue weighted by Crippen LogP contribution is 2.45. The average molecular weight is 490 g/mol.